The monoisotopic (exact) mass is 351 g/mol. The molecule has 7 heteroatoms. The first kappa shape index (κ1) is 18.1. The molecule has 128 valence electrons. The van der Waals surface area contributed by atoms with E-state index in [2.05, 4.69) is 4.72 Å². The predicted molar refractivity (Wildman–Crippen MR) is 87.2 cm³/mol. The van der Waals surface area contributed by atoms with Crippen molar-refractivity contribution in [2.24, 2.45) is 0 Å². The Hall–Kier alpha value is -2.25. The fraction of sp³-hybridized carbons (Fsp3) is 0.235. The zero-order chi connectivity index (χ0) is 17.6. The first-order chi connectivity index (χ1) is 11.4. The van der Waals surface area contributed by atoms with Crippen LogP contribution in [0.1, 0.15) is 17.5 Å². The Morgan fingerprint density at radius 2 is 1.71 bits per heavy atom. The SMILES string of the molecule is Cc1ccc(S(=O)(=O)NCCC(=O)OCc2ccc(F)cc2)cc1. The van der Waals surface area contributed by atoms with Crippen LogP contribution < -0.4 is 4.72 Å². The minimum atomic E-state index is -3.64. The van der Waals surface area contributed by atoms with Crippen molar-refractivity contribution in [3.05, 3.63) is 65.5 Å². The molecule has 24 heavy (non-hydrogen) atoms. The molecule has 0 saturated heterocycles. The molecule has 0 saturated carbocycles. The van der Waals surface area contributed by atoms with Gasteiger partial charge in [-0.15, -0.1) is 0 Å². The van der Waals surface area contributed by atoms with Crippen LogP contribution in [0.2, 0.25) is 0 Å². The van der Waals surface area contributed by atoms with Gasteiger partial charge >= 0.3 is 5.97 Å². The van der Waals surface area contributed by atoms with Crippen LogP contribution in [0.4, 0.5) is 4.39 Å². The Morgan fingerprint density at radius 1 is 1.08 bits per heavy atom. The number of ether oxygens (including phenoxy) is 1. The summed E-state index contributed by atoms with van der Waals surface area (Å²) in [6.07, 6.45) is -0.0910. The van der Waals surface area contributed by atoms with Crippen LogP contribution in [-0.2, 0) is 26.2 Å². The molecule has 0 unspecified atom stereocenters. The van der Waals surface area contributed by atoms with Gasteiger partial charge in [-0.3, -0.25) is 4.79 Å². The second-order valence-electron chi connectivity index (χ2n) is 5.25. The van der Waals surface area contributed by atoms with E-state index in [-0.39, 0.29) is 30.3 Å². The van der Waals surface area contributed by atoms with Crippen LogP contribution in [-0.4, -0.2) is 20.9 Å². The van der Waals surface area contributed by atoms with Crippen molar-refractivity contribution in [2.75, 3.05) is 6.54 Å². The lowest BCUT2D eigenvalue weighted by Crippen LogP contribution is -2.26. The molecule has 0 radical (unpaired) electrons. The number of hydrogen-bond donors (Lipinski definition) is 1. The smallest absolute Gasteiger partial charge is 0.307 e. The average molecular weight is 351 g/mol. The first-order valence-electron chi connectivity index (χ1n) is 7.33. The van der Waals surface area contributed by atoms with Crippen LogP contribution in [0.5, 0.6) is 0 Å². The Morgan fingerprint density at radius 3 is 2.33 bits per heavy atom. The molecule has 0 amide bonds. The number of sulfonamides is 1. The summed E-state index contributed by atoms with van der Waals surface area (Å²) in [4.78, 5) is 11.8. The minimum absolute atomic E-state index is 0.0177. The highest BCUT2D eigenvalue weighted by Crippen LogP contribution is 2.10. The van der Waals surface area contributed by atoms with E-state index in [0.29, 0.717) is 5.56 Å². The van der Waals surface area contributed by atoms with Gasteiger partial charge < -0.3 is 4.74 Å². The van der Waals surface area contributed by atoms with Crippen molar-refractivity contribution in [1.82, 2.24) is 4.72 Å². The average Bonchev–Trinajstić information content (AvgIpc) is 2.54. The molecule has 2 aromatic carbocycles. The van der Waals surface area contributed by atoms with Gasteiger partial charge in [-0.1, -0.05) is 29.8 Å². The summed E-state index contributed by atoms with van der Waals surface area (Å²) in [7, 11) is -3.64. The zero-order valence-corrected chi connectivity index (χ0v) is 14.0. The summed E-state index contributed by atoms with van der Waals surface area (Å²) in [5, 5.41) is 0. The Kier molecular flexibility index (Phi) is 6.05. The van der Waals surface area contributed by atoms with Gasteiger partial charge in [-0.25, -0.2) is 17.5 Å². The van der Waals surface area contributed by atoms with E-state index >= 15 is 0 Å². The third-order valence-corrected chi connectivity index (χ3v) is 4.74. The maximum Gasteiger partial charge on any atom is 0.307 e. The third kappa shape index (κ3) is 5.43. The van der Waals surface area contributed by atoms with Crippen LogP contribution in [0.15, 0.2) is 53.4 Å². The molecular weight excluding hydrogens is 333 g/mol. The van der Waals surface area contributed by atoms with Gasteiger partial charge in [-0.05, 0) is 36.8 Å². The Labute approximate surface area is 140 Å². The normalized spacial score (nSPS) is 11.2. The largest absolute Gasteiger partial charge is 0.461 e. The number of hydrogen-bond acceptors (Lipinski definition) is 4. The number of benzene rings is 2. The molecule has 1 N–H and O–H groups in total. The fourth-order valence-electron chi connectivity index (χ4n) is 1.90. The molecule has 0 aromatic heterocycles. The second kappa shape index (κ2) is 8.03. The van der Waals surface area contributed by atoms with Crippen molar-refractivity contribution in [3.63, 3.8) is 0 Å². The van der Waals surface area contributed by atoms with E-state index in [1.54, 1.807) is 12.1 Å². The molecule has 5 nitrogen and oxygen atoms in total. The topological polar surface area (TPSA) is 72.5 Å². The van der Waals surface area contributed by atoms with Gasteiger partial charge in [0.2, 0.25) is 10.0 Å². The van der Waals surface area contributed by atoms with Crippen molar-refractivity contribution < 1.29 is 22.3 Å². The molecule has 0 fully saturated rings. The summed E-state index contributed by atoms with van der Waals surface area (Å²) in [6.45, 7) is 1.82. The highest BCUT2D eigenvalue weighted by atomic mass is 32.2. The molecule has 0 aliphatic heterocycles. The number of halogens is 1. The van der Waals surface area contributed by atoms with E-state index in [4.69, 9.17) is 4.74 Å². The highest BCUT2D eigenvalue weighted by molar-refractivity contribution is 7.89. The van der Waals surface area contributed by atoms with Crippen molar-refractivity contribution in [2.45, 2.75) is 24.8 Å². The summed E-state index contributed by atoms with van der Waals surface area (Å²) in [5.41, 5.74) is 1.61. The van der Waals surface area contributed by atoms with Gasteiger partial charge in [0, 0.05) is 6.54 Å². The summed E-state index contributed by atoms with van der Waals surface area (Å²) in [6, 6.07) is 12.0. The molecule has 0 aliphatic rings. The van der Waals surface area contributed by atoms with E-state index in [1.165, 1.54) is 36.4 Å². The van der Waals surface area contributed by atoms with E-state index in [9.17, 15) is 17.6 Å². The number of carbonyl (C=O) groups is 1. The standard InChI is InChI=1S/C17H18FNO4S/c1-13-2-8-16(9-3-13)24(21,22)19-11-10-17(20)23-12-14-4-6-15(18)7-5-14/h2-9,19H,10-12H2,1H3. The third-order valence-electron chi connectivity index (χ3n) is 3.27. The van der Waals surface area contributed by atoms with Gasteiger partial charge in [0.25, 0.3) is 0 Å². The highest BCUT2D eigenvalue weighted by Gasteiger charge is 2.14. The van der Waals surface area contributed by atoms with Crippen LogP contribution >= 0.6 is 0 Å². The molecule has 0 aliphatic carbocycles. The summed E-state index contributed by atoms with van der Waals surface area (Å²) < 4.78 is 44.2. The van der Waals surface area contributed by atoms with Crippen molar-refractivity contribution >= 4 is 16.0 Å². The quantitative estimate of drug-likeness (QED) is 0.778. The van der Waals surface area contributed by atoms with Gasteiger partial charge in [0.15, 0.2) is 0 Å². The second-order valence-corrected chi connectivity index (χ2v) is 7.01. The molecule has 0 bridgehead atoms. The van der Waals surface area contributed by atoms with Gasteiger partial charge in [0.05, 0.1) is 11.3 Å². The van der Waals surface area contributed by atoms with Gasteiger partial charge in [0.1, 0.15) is 12.4 Å². The molecule has 0 spiro atoms. The lowest BCUT2D eigenvalue weighted by atomic mass is 10.2. The Balaban J connectivity index is 1.77. The number of esters is 1. The van der Waals surface area contributed by atoms with E-state index < -0.39 is 16.0 Å². The van der Waals surface area contributed by atoms with Crippen LogP contribution in [0, 0.1) is 12.7 Å². The molecule has 0 atom stereocenters. The number of nitrogens with one attached hydrogen (secondary N) is 1. The molecule has 2 rings (SSSR count). The predicted octanol–water partition coefficient (Wildman–Crippen LogP) is 2.55. The first-order valence-corrected chi connectivity index (χ1v) is 8.81. The van der Waals surface area contributed by atoms with Crippen LogP contribution in [0.3, 0.4) is 0 Å². The minimum Gasteiger partial charge on any atom is -0.461 e. The summed E-state index contributed by atoms with van der Waals surface area (Å²) in [5.74, 6) is -0.901. The number of carbonyl (C=O) groups excluding carboxylic acids is 1. The zero-order valence-electron chi connectivity index (χ0n) is 13.2. The van der Waals surface area contributed by atoms with Crippen LogP contribution in [0.25, 0.3) is 0 Å². The molecule has 2 aromatic rings. The lowest BCUT2D eigenvalue weighted by molar-refractivity contribution is -0.144. The fourth-order valence-corrected chi connectivity index (χ4v) is 2.94. The molecular formula is C17H18FNO4S. The van der Waals surface area contributed by atoms with Crippen molar-refractivity contribution in [3.8, 4) is 0 Å². The Bertz CT molecular complexity index is 786. The van der Waals surface area contributed by atoms with Gasteiger partial charge in [-0.2, -0.15) is 0 Å². The summed E-state index contributed by atoms with van der Waals surface area (Å²) >= 11 is 0. The molecule has 0 heterocycles. The number of rotatable bonds is 7. The lowest BCUT2D eigenvalue weighted by Gasteiger charge is -2.08. The van der Waals surface area contributed by atoms with Crippen molar-refractivity contribution in [1.29, 1.82) is 0 Å². The number of aryl methyl sites for hydroxylation is 1. The van der Waals surface area contributed by atoms with E-state index in [1.807, 2.05) is 6.92 Å². The van der Waals surface area contributed by atoms with E-state index in [0.717, 1.165) is 5.56 Å². The maximum absolute atomic E-state index is 12.8. The maximum atomic E-state index is 12.8.